The molecule has 0 fully saturated rings. The first-order valence-corrected chi connectivity index (χ1v) is 6.48. The van der Waals surface area contributed by atoms with Gasteiger partial charge >= 0.3 is 158 Å². The first kappa shape index (κ1) is 29.4. The van der Waals surface area contributed by atoms with Crippen molar-refractivity contribution >= 4 is 29.6 Å². The van der Waals surface area contributed by atoms with E-state index in [-0.39, 0.29) is 99.8 Å². The molecule has 11 heavy (non-hydrogen) atoms. The van der Waals surface area contributed by atoms with Crippen LogP contribution in [0.2, 0.25) is 0 Å². The quantitative estimate of drug-likeness (QED) is 0.400. The molecular formula is HKLiNaNb2O6. The molecule has 0 aliphatic heterocycles. The second-order valence-electron chi connectivity index (χ2n) is 0.447. The second kappa shape index (κ2) is 23.6. The van der Waals surface area contributed by atoms with Crippen molar-refractivity contribution in [2.45, 2.75) is 0 Å². The molecule has 0 aromatic rings. The summed E-state index contributed by atoms with van der Waals surface area (Å²) < 4.78 is 51.6. The van der Waals surface area contributed by atoms with Crippen molar-refractivity contribution in [1.82, 2.24) is 0 Å². The zero-order valence-electron chi connectivity index (χ0n) is 5.34. The topological polar surface area (TPSA) is 114 Å². The van der Waals surface area contributed by atoms with Crippen LogP contribution >= 0.6 is 0 Å². The predicted octanol–water partition coefficient (Wildman–Crippen LogP) is -9.50. The van der Waals surface area contributed by atoms with Crippen molar-refractivity contribution in [3.8, 4) is 0 Å². The molecule has 0 aliphatic rings. The molecule has 0 spiro atoms. The van der Waals surface area contributed by atoms with Gasteiger partial charge in [0.25, 0.3) is 0 Å². The van der Waals surface area contributed by atoms with Crippen molar-refractivity contribution in [2.24, 2.45) is 0 Å². The molecule has 0 saturated heterocycles. The Morgan fingerprint density at radius 2 is 0.818 bits per heavy atom. The number of hydrogen-bond acceptors (Lipinski definition) is 6. The fraction of sp³-hybridized carbons (Fsp3) is 0. The van der Waals surface area contributed by atoms with Gasteiger partial charge < -0.3 is 0 Å². The van der Waals surface area contributed by atoms with Gasteiger partial charge in [-0.3, -0.25) is 0 Å². The first-order valence-electron chi connectivity index (χ1n) is 1.10. The summed E-state index contributed by atoms with van der Waals surface area (Å²) in [7, 11) is 0. The van der Waals surface area contributed by atoms with Crippen molar-refractivity contribution in [1.29, 1.82) is 0 Å². The van der Waals surface area contributed by atoms with Crippen molar-refractivity contribution in [3.63, 3.8) is 0 Å². The molecule has 0 aromatic heterocycles. The summed E-state index contributed by atoms with van der Waals surface area (Å²) in [6, 6.07) is 0. The Kier molecular flexibility index (Phi) is 62.9. The molecule has 11 heteroatoms. The van der Waals surface area contributed by atoms with Gasteiger partial charge in [0.2, 0.25) is 0 Å². The normalized spacial score (nSPS) is 4.55. The van der Waals surface area contributed by atoms with Crippen LogP contribution < -0.4 is 77.5 Å². The fourth-order valence-electron chi connectivity index (χ4n) is 0. The van der Waals surface area contributed by atoms with E-state index in [0.29, 0.717) is 0 Å². The van der Waals surface area contributed by atoms with Gasteiger partial charge in [0, 0.05) is 0 Å². The molecule has 6 nitrogen and oxygen atoms in total. The average molecular weight is 352 g/mol. The Balaban J connectivity index is -0.0000000171. The number of rotatable bonds is 0. The fourth-order valence-corrected chi connectivity index (χ4v) is 0. The summed E-state index contributed by atoms with van der Waals surface area (Å²) >= 11 is -8.40. The van der Waals surface area contributed by atoms with Crippen LogP contribution in [0.1, 0.15) is 0 Å². The molecule has 0 atom stereocenters. The molecule has 0 N–H and O–H groups in total. The van der Waals surface area contributed by atoms with E-state index in [4.69, 9.17) is 20.2 Å². The van der Waals surface area contributed by atoms with Crippen LogP contribution in [0.25, 0.3) is 0 Å². The molecule has 0 heterocycles. The molecule has 0 bridgehead atoms. The van der Waals surface area contributed by atoms with Gasteiger partial charge in [-0.15, -0.1) is 0 Å². The van der Waals surface area contributed by atoms with Crippen LogP contribution in [0.3, 0.4) is 0 Å². The van der Waals surface area contributed by atoms with Gasteiger partial charge in [-0.2, -0.15) is 0 Å². The van der Waals surface area contributed by atoms with Crippen molar-refractivity contribution < 1.29 is 128 Å². The molecule has 0 amide bonds. The van der Waals surface area contributed by atoms with Gasteiger partial charge in [0.15, 0.2) is 0 Å². The van der Waals surface area contributed by atoms with Crippen LogP contribution in [0.15, 0.2) is 0 Å². The molecule has 0 unspecified atom stereocenters. The Morgan fingerprint density at radius 1 is 0.818 bits per heavy atom. The Hall–Kier alpha value is 3.83. The van der Waals surface area contributed by atoms with E-state index in [1.807, 2.05) is 0 Å². The molecule has 0 saturated carbocycles. The van der Waals surface area contributed by atoms with Crippen LogP contribution in [-0.4, -0.2) is 29.6 Å². The SMILES string of the molecule is [K+].[Li+].[NaH].[O]=[Nb](=[O])[O-].[O]=[Nb](=[O])[O-]. The summed E-state index contributed by atoms with van der Waals surface area (Å²) in [6.07, 6.45) is 0. The van der Waals surface area contributed by atoms with Crippen molar-refractivity contribution in [3.05, 3.63) is 0 Å². The van der Waals surface area contributed by atoms with Gasteiger partial charge in [-0.25, -0.2) is 0 Å². The van der Waals surface area contributed by atoms with E-state index in [2.05, 4.69) is 0 Å². The van der Waals surface area contributed by atoms with E-state index in [0.717, 1.165) is 0 Å². The second-order valence-corrected chi connectivity index (χ2v) is 2.65. The third kappa shape index (κ3) is 132. The molecular weight excluding hydrogens is 351 g/mol. The van der Waals surface area contributed by atoms with E-state index in [1.54, 1.807) is 0 Å². The maximum atomic E-state index is 8.60. The van der Waals surface area contributed by atoms with Crippen LogP contribution in [0.5, 0.6) is 0 Å². The van der Waals surface area contributed by atoms with E-state index in [1.165, 1.54) is 0 Å². The van der Waals surface area contributed by atoms with E-state index in [9.17, 15) is 0 Å². The first-order chi connectivity index (χ1) is 3.46. The Morgan fingerprint density at radius 3 is 0.818 bits per heavy atom. The zero-order chi connectivity index (χ0) is 7.15. The Bertz CT molecular complexity index is 137. The Labute approximate surface area is 153 Å². The van der Waals surface area contributed by atoms with Gasteiger partial charge in [0.05, 0.1) is 0 Å². The third-order valence-electron chi connectivity index (χ3n) is 0. The van der Waals surface area contributed by atoms with Crippen LogP contribution in [0.4, 0.5) is 0 Å². The molecule has 0 radical (unpaired) electrons. The summed E-state index contributed by atoms with van der Waals surface area (Å²) in [5.41, 5.74) is 0. The summed E-state index contributed by atoms with van der Waals surface area (Å²) in [5.74, 6) is 0. The monoisotopic (exact) mass is 352 g/mol. The summed E-state index contributed by atoms with van der Waals surface area (Å²) in [5, 5.41) is 0. The van der Waals surface area contributed by atoms with Gasteiger partial charge in [-0.05, 0) is 0 Å². The van der Waals surface area contributed by atoms with E-state index < -0.39 is 37.6 Å². The predicted molar refractivity (Wildman–Crippen MR) is 9.89 cm³/mol. The zero-order valence-corrected chi connectivity index (χ0v) is 12.9. The number of hydrogen-bond donors (Lipinski definition) is 0. The maximum absolute atomic E-state index is 8.60. The standard InChI is InChI=1S/K.Li.Na.2Nb.6O.H/q2*+1;;;;;;;;2*-1;. The third-order valence-corrected chi connectivity index (χ3v) is 0. The minimum atomic E-state index is -4.20. The van der Waals surface area contributed by atoms with Crippen LogP contribution in [0, 0.1) is 0 Å². The van der Waals surface area contributed by atoms with Crippen molar-refractivity contribution in [2.75, 3.05) is 0 Å². The van der Waals surface area contributed by atoms with E-state index >= 15 is 0 Å². The average Bonchev–Trinajstić information content (AvgIpc) is 1.25. The molecule has 0 aromatic carbocycles. The molecule has 50 valence electrons. The molecule has 0 aliphatic carbocycles. The minimum absolute atomic E-state index is 0. The summed E-state index contributed by atoms with van der Waals surface area (Å²) in [6.45, 7) is 0. The van der Waals surface area contributed by atoms with Crippen LogP contribution in [-0.2, 0) is 50.6 Å². The summed E-state index contributed by atoms with van der Waals surface area (Å²) in [4.78, 5) is 0. The van der Waals surface area contributed by atoms with Gasteiger partial charge in [0.1, 0.15) is 0 Å². The molecule has 0 rings (SSSR count). The van der Waals surface area contributed by atoms with Gasteiger partial charge in [-0.1, -0.05) is 0 Å².